The van der Waals surface area contributed by atoms with Gasteiger partial charge < -0.3 is 9.64 Å². The van der Waals surface area contributed by atoms with Crippen molar-refractivity contribution in [2.24, 2.45) is 0 Å². The van der Waals surface area contributed by atoms with Gasteiger partial charge in [0, 0.05) is 22.0 Å². The van der Waals surface area contributed by atoms with Crippen LogP contribution in [0.1, 0.15) is 88.9 Å². The summed E-state index contributed by atoms with van der Waals surface area (Å²) in [5, 5.41) is 0. The molecule has 0 saturated heterocycles. The van der Waals surface area contributed by atoms with E-state index in [0.29, 0.717) is 0 Å². The van der Waals surface area contributed by atoms with Gasteiger partial charge in [-0.25, -0.2) is 4.39 Å². The minimum Gasteiger partial charge on any atom is -0.457 e. The van der Waals surface area contributed by atoms with Crippen LogP contribution in [-0.2, 0) is 16.2 Å². The monoisotopic (exact) mass is 715 g/mol. The van der Waals surface area contributed by atoms with E-state index >= 15 is 4.39 Å². The van der Waals surface area contributed by atoms with Crippen LogP contribution >= 0.6 is 0 Å². The molecule has 11 rings (SSSR count). The Bertz CT molecular complexity index is 2790. The molecule has 0 N–H and O–H groups in total. The molecule has 268 valence electrons. The van der Waals surface area contributed by atoms with Crippen molar-refractivity contribution in [1.82, 2.24) is 0 Å². The van der Waals surface area contributed by atoms with Crippen LogP contribution < -0.4 is 9.64 Å². The Morgan fingerprint density at radius 3 is 1.58 bits per heavy atom. The first-order valence-electron chi connectivity index (χ1n) is 19.5. The Morgan fingerprint density at radius 2 is 0.945 bits per heavy atom. The molecule has 0 amide bonds. The number of nitrogens with zero attached hydrogens (tertiary/aromatic N) is 1. The maximum absolute atomic E-state index is 16.1. The fourth-order valence-corrected chi connectivity index (χ4v) is 11.1. The molecule has 0 aromatic heterocycles. The van der Waals surface area contributed by atoms with Gasteiger partial charge in [0.15, 0.2) is 0 Å². The van der Waals surface area contributed by atoms with Crippen molar-refractivity contribution >= 4 is 17.1 Å². The van der Waals surface area contributed by atoms with Gasteiger partial charge in [0.25, 0.3) is 0 Å². The van der Waals surface area contributed by atoms with Gasteiger partial charge in [0.2, 0.25) is 0 Å². The third-order valence-corrected chi connectivity index (χ3v) is 13.4. The van der Waals surface area contributed by atoms with Gasteiger partial charge in [-0.1, -0.05) is 106 Å². The second-order valence-corrected chi connectivity index (χ2v) is 17.2. The first kappa shape index (κ1) is 32.5. The van der Waals surface area contributed by atoms with Crippen molar-refractivity contribution in [1.29, 1.82) is 0 Å². The molecular weight excluding hydrogens is 674 g/mol. The Kier molecular flexibility index (Phi) is 6.28. The molecule has 2 heterocycles. The normalized spacial score (nSPS) is 16.5. The van der Waals surface area contributed by atoms with Crippen molar-refractivity contribution in [3.8, 4) is 33.8 Å². The van der Waals surface area contributed by atoms with Crippen molar-refractivity contribution in [2.45, 2.75) is 64.7 Å². The number of anilines is 3. The van der Waals surface area contributed by atoms with E-state index in [9.17, 15) is 0 Å². The first-order valence-corrected chi connectivity index (χ1v) is 19.5. The highest BCUT2D eigenvalue weighted by atomic mass is 19.1. The van der Waals surface area contributed by atoms with E-state index in [-0.39, 0.29) is 16.6 Å². The van der Waals surface area contributed by atoms with Crippen LogP contribution in [0, 0.1) is 26.6 Å². The van der Waals surface area contributed by atoms with Crippen LogP contribution in [0.15, 0.2) is 127 Å². The minimum atomic E-state index is -0.866. The van der Waals surface area contributed by atoms with Gasteiger partial charge in [-0.05, 0) is 142 Å². The Hall–Kier alpha value is -5.93. The van der Waals surface area contributed by atoms with E-state index < -0.39 is 5.41 Å². The molecule has 0 atom stereocenters. The largest absolute Gasteiger partial charge is 0.457 e. The van der Waals surface area contributed by atoms with Crippen molar-refractivity contribution < 1.29 is 9.13 Å². The molecule has 3 heteroatoms. The van der Waals surface area contributed by atoms with E-state index in [0.717, 1.165) is 50.8 Å². The molecule has 0 radical (unpaired) electrons. The van der Waals surface area contributed by atoms with Crippen molar-refractivity contribution in [3.05, 3.63) is 194 Å². The molecular formula is C52H42FNO. The molecule has 2 aliphatic heterocycles. The lowest BCUT2D eigenvalue weighted by molar-refractivity contribution is 0.433. The zero-order chi connectivity index (χ0) is 37.8. The number of aryl methyl sites for hydroxylation is 3. The SMILES string of the molecule is Cc1cc(C)c(N2c3ccc(F)cc3C3(c4ccccc4Oc4ccccc43)c3cc4c(cc32)C(C)(C)c2cc3c(cc2-4)C(C)(C)c2ccccc2-3)c(C)c1. The summed E-state index contributed by atoms with van der Waals surface area (Å²) in [4.78, 5) is 2.43. The second kappa shape index (κ2) is 10.6. The summed E-state index contributed by atoms with van der Waals surface area (Å²) in [6.45, 7) is 16.1. The quantitative estimate of drug-likeness (QED) is 0.168. The average molecular weight is 716 g/mol. The van der Waals surface area contributed by atoms with E-state index in [2.05, 4.69) is 150 Å². The van der Waals surface area contributed by atoms with Crippen LogP contribution in [0.25, 0.3) is 22.3 Å². The highest BCUT2D eigenvalue weighted by Crippen LogP contribution is 2.66. The van der Waals surface area contributed by atoms with Crippen LogP contribution in [0.2, 0.25) is 0 Å². The summed E-state index contributed by atoms with van der Waals surface area (Å²) in [6.07, 6.45) is 0. The van der Waals surface area contributed by atoms with Gasteiger partial charge in [0.05, 0.1) is 22.5 Å². The predicted molar refractivity (Wildman–Crippen MR) is 222 cm³/mol. The zero-order valence-corrected chi connectivity index (χ0v) is 32.4. The number of rotatable bonds is 1. The lowest BCUT2D eigenvalue weighted by Crippen LogP contribution is -2.40. The summed E-state index contributed by atoms with van der Waals surface area (Å²) >= 11 is 0. The summed E-state index contributed by atoms with van der Waals surface area (Å²) < 4.78 is 22.8. The second-order valence-electron chi connectivity index (χ2n) is 17.2. The van der Waals surface area contributed by atoms with Gasteiger partial charge >= 0.3 is 0 Å². The molecule has 2 nitrogen and oxygen atoms in total. The summed E-state index contributed by atoms with van der Waals surface area (Å²) in [5.41, 5.74) is 20.2. The Labute approximate surface area is 322 Å². The number of ether oxygens (including phenoxy) is 1. The fourth-order valence-electron chi connectivity index (χ4n) is 11.1. The number of halogens is 1. The van der Waals surface area contributed by atoms with E-state index in [1.165, 1.54) is 61.2 Å². The third kappa shape index (κ3) is 3.98. The molecule has 7 aromatic rings. The molecule has 0 bridgehead atoms. The van der Waals surface area contributed by atoms with Gasteiger partial charge in [0.1, 0.15) is 17.3 Å². The summed E-state index contributed by atoms with van der Waals surface area (Å²) in [5.74, 6) is 1.32. The molecule has 4 aliphatic rings. The number of hydrogen-bond donors (Lipinski definition) is 0. The van der Waals surface area contributed by atoms with E-state index in [1.54, 1.807) is 12.1 Å². The fraction of sp³-hybridized carbons (Fsp3) is 0.192. The van der Waals surface area contributed by atoms with E-state index in [1.807, 2.05) is 18.2 Å². The summed E-state index contributed by atoms with van der Waals surface area (Å²) in [7, 11) is 0. The van der Waals surface area contributed by atoms with Crippen molar-refractivity contribution in [3.63, 3.8) is 0 Å². The van der Waals surface area contributed by atoms with Crippen LogP contribution in [0.4, 0.5) is 21.5 Å². The lowest BCUT2D eigenvalue weighted by atomic mass is 9.60. The van der Waals surface area contributed by atoms with Crippen LogP contribution in [0.5, 0.6) is 11.5 Å². The number of hydrogen-bond acceptors (Lipinski definition) is 2. The lowest BCUT2D eigenvalue weighted by Gasteiger charge is -2.49. The molecule has 1 spiro atoms. The Morgan fingerprint density at radius 1 is 0.455 bits per heavy atom. The third-order valence-electron chi connectivity index (χ3n) is 13.4. The smallest absolute Gasteiger partial charge is 0.132 e. The zero-order valence-electron chi connectivity index (χ0n) is 32.4. The highest BCUT2D eigenvalue weighted by Gasteiger charge is 2.53. The minimum absolute atomic E-state index is 0.129. The standard InChI is InChI=1S/C52H42FNO/c1-29-22-30(2)49(31(3)23-29)54-45-21-20-32(53)24-43(45)52(38-16-10-12-18-47(38)55-48-19-13-11-17-39(48)52)44-27-36-35-26-40-34(33-14-8-9-15-37(33)50(40,4)5)25-41(35)51(6,7)42(36)28-46(44)54/h8-28H,1-7H3. The molecule has 55 heavy (non-hydrogen) atoms. The predicted octanol–water partition coefficient (Wildman–Crippen LogP) is 13.6. The number of para-hydroxylation sites is 2. The summed E-state index contributed by atoms with van der Waals surface area (Å²) in [6, 6.07) is 45.5. The highest BCUT2D eigenvalue weighted by molar-refractivity contribution is 5.97. The molecule has 0 unspecified atom stereocenters. The average Bonchev–Trinajstić information content (AvgIpc) is 3.52. The Balaban J connectivity index is 1.30. The van der Waals surface area contributed by atoms with Gasteiger partial charge in [-0.2, -0.15) is 0 Å². The van der Waals surface area contributed by atoms with Gasteiger partial charge in [-0.3, -0.25) is 0 Å². The first-order chi connectivity index (χ1) is 26.4. The molecule has 2 aliphatic carbocycles. The maximum atomic E-state index is 16.1. The van der Waals surface area contributed by atoms with Gasteiger partial charge in [-0.15, -0.1) is 0 Å². The molecule has 7 aromatic carbocycles. The molecule has 0 saturated carbocycles. The van der Waals surface area contributed by atoms with E-state index in [4.69, 9.17) is 4.74 Å². The number of fused-ring (bicyclic) bond motifs is 14. The maximum Gasteiger partial charge on any atom is 0.132 e. The van der Waals surface area contributed by atoms with Crippen molar-refractivity contribution in [2.75, 3.05) is 4.90 Å². The van der Waals surface area contributed by atoms with Crippen LogP contribution in [-0.4, -0.2) is 0 Å². The molecule has 0 fully saturated rings. The van der Waals surface area contributed by atoms with Crippen LogP contribution in [0.3, 0.4) is 0 Å². The number of benzene rings is 7. The topological polar surface area (TPSA) is 12.5 Å².